The van der Waals surface area contributed by atoms with Crippen molar-refractivity contribution in [3.63, 3.8) is 0 Å². The van der Waals surface area contributed by atoms with E-state index in [0.29, 0.717) is 5.56 Å². The molecule has 1 atom stereocenters. The van der Waals surface area contributed by atoms with E-state index in [1.54, 1.807) is 18.4 Å². The summed E-state index contributed by atoms with van der Waals surface area (Å²) in [7, 11) is 0. The molecular weight excluding hydrogens is 195 g/mol. The highest BCUT2D eigenvalue weighted by atomic mass is 19.1. The van der Waals surface area contributed by atoms with Crippen molar-refractivity contribution < 1.29 is 8.81 Å². The highest BCUT2D eigenvalue weighted by Gasteiger charge is 2.14. The van der Waals surface area contributed by atoms with Gasteiger partial charge in [-0.1, -0.05) is 0 Å². The molecule has 0 amide bonds. The number of furan rings is 1. The number of nitrogens with two attached hydrogens (primary N) is 1. The summed E-state index contributed by atoms with van der Waals surface area (Å²) in [4.78, 5) is 3.67. The molecule has 15 heavy (non-hydrogen) atoms. The minimum atomic E-state index is -0.509. The lowest BCUT2D eigenvalue weighted by atomic mass is 10.0. The van der Waals surface area contributed by atoms with Crippen molar-refractivity contribution in [3.8, 4) is 0 Å². The summed E-state index contributed by atoms with van der Waals surface area (Å²) in [5.41, 5.74) is 7.09. The lowest BCUT2D eigenvalue weighted by Crippen LogP contribution is -2.12. The van der Waals surface area contributed by atoms with Gasteiger partial charge < -0.3 is 10.2 Å². The summed E-state index contributed by atoms with van der Waals surface area (Å²) in [5.74, 6) is 0.360. The summed E-state index contributed by atoms with van der Waals surface area (Å²) in [6.45, 7) is 1.82. The smallest absolute Gasteiger partial charge is 0.146 e. The molecule has 2 aromatic rings. The Balaban J connectivity index is 2.36. The summed E-state index contributed by atoms with van der Waals surface area (Å²) < 4.78 is 18.5. The fourth-order valence-electron chi connectivity index (χ4n) is 1.44. The number of rotatable bonds is 2. The molecule has 0 saturated carbocycles. The highest BCUT2D eigenvalue weighted by Crippen LogP contribution is 2.22. The average Bonchev–Trinajstić information content (AvgIpc) is 2.65. The molecule has 0 aliphatic heterocycles. The summed E-state index contributed by atoms with van der Waals surface area (Å²) >= 11 is 0. The van der Waals surface area contributed by atoms with Crippen LogP contribution >= 0.6 is 0 Å². The zero-order chi connectivity index (χ0) is 10.8. The van der Waals surface area contributed by atoms with E-state index >= 15 is 0 Å². The predicted octanol–water partition coefficient (Wildman–Crippen LogP) is 2.17. The molecule has 2 rings (SSSR count). The van der Waals surface area contributed by atoms with Gasteiger partial charge in [0.15, 0.2) is 0 Å². The van der Waals surface area contributed by atoms with E-state index in [9.17, 15) is 4.39 Å². The maximum atomic E-state index is 13.4. The molecule has 0 saturated heterocycles. The third-order valence-electron chi connectivity index (χ3n) is 2.25. The minimum Gasteiger partial charge on any atom is -0.469 e. The molecule has 0 bridgehead atoms. The summed E-state index contributed by atoms with van der Waals surface area (Å²) in [5, 5.41) is 0. The van der Waals surface area contributed by atoms with Crippen molar-refractivity contribution in [2.75, 3.05) is 0 Å². The first-order chi connectivity index (χ1) is 7.18. The molecule has 0 aromatic carbocycles. The van der Waals surface area contributed by atoms with Crippen molar-refractivity contribution >= 4 is 0 Å². The largest absolute Gasteiger partial charge is 0.469 e. The molecule has 0 spiro atoms. The summed E-state index contributed by atoms with van der Waals surface area (Å²) in [6, 6.07) is 2.86. The Hall–Kier alpha value is -1.68. The van der Waals surface area contributed by atoms with Gasteiger partial charge >= 0.3 is 0 Å². The Morgan fingerprint density at radius 1 is 1.53 bits per heavy atom. The molecule has 4 heteroatoms. The Morgan fingerprint density at radius 3 is 2.93 bits per heavy atom. The number of aromatic nitrogens is 1. The van der Waals surface area contributed by atoms with E-state index in [4.69, 9.17) is 10.2 Å². The second-order valence-electron chi connectivity index (χ2n) is 3.37. The van der Waals surface area contributed by atoms with Crippen LogP contribution in [0.4, 0.5) is 4.39 Å². The van der Waals surface area contributed by atoms with Gasteiger partial charge in [-0.05, 0) is 19.1 Å². The van der Waals surface area contributed by atoms with Crippen LogP contribution in [0.1, 0.15) is 22.9 Å². The molecule has 3 nitrogen and oxygen atoms in total. The molecule has 2 aromatic heterocycles. The van der Waals surface area contributed by atoms with Crippen LogP contribution in [-0.2, 0) is 0 Å². The first kappa shape index (κ1) is 9.86. The van der Waals surface area contributed by atoms with Gasteiger partial charge in [0.25, 0.3) is 0 Å². The fraction of sp³-hybridized carbons (Fsp3) is 0.182. The van der Waals surface area contributed by atoms with Crippen LogP contribution in [-0.4, -0.2) is 4.98 Å². The molecular formula is C11H11FN2O. The SMILES string of the molecule is Cc1cc(C(N)c2ccncc2F)co1. The normalized spacial score (nSPS) is 12.7. The van der Waals surface area contributed by atoms with Crippen LogP contribution in [0.15, 0.2) is 35.2 Å². The number of aryl methyl sites for hydroxylation is 1. The van der Waals surface area contributed by atoms with Gasteiger partial charge in [0.05, 0.1) is 18.5 Å². The average molecular weight is 206 g/mol. The van der Waals surface area contributed by atoms with Crippen LogP contribution < -0.4 is 5.73 Å². The number of nitrogens with zero attached hydrogens (tertiary/aromatic N) is 1. The van der Waals surface area contributed by atoms with Crippen molar-refractivity contribution in [1.82, 2.24) is 4.98 Å². The van der Waals surface area contributed by atoms with Crippen LogP contribution in [0.2, 0.25) is 0 Å². The van der Waals surface area contributed by atoms with Gasteiger partial charge in [-0.15, -0.1) is 0 Å². The maximum absolute atomic E-state index is 13.4. The van der Waals surface area contributed by atoms with E-state index in [0.717, 1.165) is 17.5 Å². The van der Waals surface area contributed by atoms with Gasteiger partial charge in [0.1, 0.15) is 11.6 Å². The Bertz CT molecular complexity index is 467. The van der Waals surface area contributed by atoms with E-state index in [1.807, 2.05) is 6.92 Å². The Kier molecular flexibility index (Phi) is 2.51. The number of hydrogen-bond acceptors (Lipinski definition) is 3. The number of hydrogen-bond donors (Lipinski definition) is 1. The van der Waals surface area contributed by atoms with Crippen LogP contribution in [0.5, 0.6) is 0 Å². The highest BCUT2D eigenvalue weighted by molar-refractivity contribution is 5.29. The van der Waals surface area contributed by atoms with Gasteiger partial charge in [0, 0.05) is 17.3 Å². The van der Waals surface area contributed by atoms with Crippen LogP contribution in [0.3, 0.4) is 0 Å². The Morgan fingerprint density at radius 2 is 2.33 bits per heavy atom. The standard InChI is InChI=1S/C11H11FN2O/c1-7-4-8(6-15-7)11(13)9-2-3-14-5-10(9)12/h2-6,11H,13H2,1H3. The molecule has 2 heterocycles. The van der Waals surface area contributed by atoms with E-state index < -0.39 is 11.9 Å². The van der Waals surface area contributed by atoms with Crippen LogP contribution in [0.25, 0.3) is 0 Å². The first-order valence-corrected chi connectivity index (χ1v) is 4.58. The van der Waals surface area contributed by atoms with Crippen LogP contribution in [0, 0.1) is 12.7 Å². The van der Waals surface area contributed by atoms with E-state index in [-0.39, 0.29) is 0 Å². The number of halogens is 1. The number of pyridine rings is 1. The molecule has 0 aliphatic rings. The third-order valence-corrected chi connectivity index (χ3v) is 2.25. The van der Waals surface area contributed by atoms with Gasteiger partial charge in [-0.2, -0.15) is 0 Å². The monoisotopic (exact) mass is 206 g/mol. The quantitative estimate of drug-likeness (QED) is 0.819. The molecule has 78 valence electrons. The molecule has 0 aliphatic carbocycles. The van der Waals surface area contributed by atoms with Crippen molar-refractivity contribution in [2.24, 2.45) is 5.73 Å². The zero-order valence-corrected chi connectivity index (χ0v) is 8.27. The molecule has 1 unspecified atom stereocenters. The molecule has 0 fully saturated rings. The first-order valence-electron chi connectivity index (χ1n) is 4.58. The van der Waals surface area contributed by atoms with Gasteiger partial charge in [-0.25, -0.2) is 4.39 Å². The van der Waals surface area contributed by atoms with E-state index in [2.05, 4.69) is 4.98 Å². The van der Waals surface area contributed by atoms with Gasteiger partial charge in [0.2, 0.25) is 0 Å². The lowest BCUT2D eigenvalue weighted by molar-refractivity contribution is 0.529. The second-order valence-corrected chi connectivity index (χ2v) is 3.37. The minimum absolute atomic E-state index is 0.399. The second kappa shape index (κ2) is 3.82. The van der Waals surface area contributed by atoms with Gasteiger partial charge in [-0.3, -0.25) is 4.98 Å². The maximum Gasteiger partial charge on any atom is 0.146 e. The fourth-order valence-corrected chi connectivity index (χ4v) is 1.44. The molecule has 2 N–H and O–H groups in total. The van der Waals surface area contributed by atoms with E-state index in [1.165, 1.54) is 6.20 Å². The lowest BCUT2D eigenvalue weighted by Gasteiger charge is -2.09. The van der Waals surface area contributed by atoms with Crippen molar-refractivity contribution in [1.29, 1.82) is 0 Å². The summed E-state index contributed by atoms with van der Waals surface area (Å²) in [6.07, 6.45) is 4.22. The Labute approximate surface area is 86.7 Å². The zero-order valence-electron chi connectivity index (χ0n) is 8.27. The van der Waals surface area contributed by atoms with Crippen molar-refractivity contribution in [3.05, 3.63) is 53.5 Å². The molecule has 0 radical (unpaired) electrons. The predicted molar refractivity (Wildman–Crippen MR) is 53.7 cm³/mol. The third kappa shape index (κ3) is 1.89. The van der Waals surface area contributed by atoms with Crippen molar-refractivity contribution in [2.45, 2.75) is 13.0 Å². The topological polar surface area (TPSA) is 52.0 Å².